The van der Waals surface area contributed by atoms with Crippen LogP contribution in [-0.2, 0) is 6.54 Å². The number of aryl methyl sites for hydroxylation is 1. The summed E-state index contributed by atoms with van der Waals surface area (Å²) < 4.78 is 6.07. The highest BCUT2D eigenvalue weighted by Crippen LogP contribution is 2.19. The largest absolute Gasteiger partial charge is 0.467 e. The third-order valence-electron chi connectivity index (χ3n) is 3.79. The van der Waals surface area contributed by atoms with Gasteiger partial charge in [0.25, 0.3) is 11.8 Å². The van der Waals surface area contributed by atoms with Crippen LogP contribution in [0.5, 0.6) is 0 Å². The van der Waals surface area contributed by atoms with E-state index in [0.717, 1.165) is 9.13 Å². The Kier molecular flexibility index (Phi) is 5.72. The number of halogens is 1. The van der Waals surface area contributed by atoms with Crippen LogP contribution in [-0.4, -0.2) is 11.8 Å². The lowest BCUT2D eigenvalue weighted by Gasteiger charge is -2.12. The van der Waals surface area contributed by atoms with E-state index in [1.54, 1.807) is 48.7 Å². The van der Waals surface area contributed by atoms with Gasteiger partial charge in [-0.3, -0.25) is 9.59 Å². The van der Waals surface area contributed by atoms with Crippen LogP contribution in [0.25, 0.3) is 0 Å². The monoisotopic (exact) mass is 460 g/mol. The van der Waals surface area contributed by atoms with Crippen LogP contribution in [0, 0.1) is 10.5 Å². The van der Waals surface area contributed by atoms with Gasteiger partial charge < -0.3 is 15.1 Å². The summed E-state index contributed by atoms with van der Waals surface area (Å²) in [5.41, 5.74) is 2.52. The van der Waals surface area contributed by atoms with Gasteiger partial charge in [-0.1, -0.05) is 23.8 Å². The Balaban J connectivity index is 1.76. The van der Waals surface area contributed by atoms with Crippen molar-refractivity contribution in [3.05, 3.63) is 86.9 Å². The highest BCUT2D eigenvalue weighted by atomic mass is 127. The molecular formula is C20H17IN2O3. The van der Waals surface area contributed by atoms with E-state index in [0.29, 0.717) is 22.6 Å². The molecule has 0 saturated heterocycles. The number of carbonyl (C=O) groups excluding carboxylic acids is 2. The molecule has 6 heteroatoms. The van der Waals surface area contributed by atoms with Crippen LogP contribution in [0.3, 0.4) is 0 Å². The summed E-state index contributed by atoms with van der Waals surface area (Å²) >= 11 is 2.13. The van der Waals surface area contributed by atoms with Gasteiger partial charge in [0.1, 0.15) is 5.76 Å². The average molecular weight is 460 g/mol. The van der Waals surface area contributed by atoms with E-state index in [9.17, 15) is 9.59 Å². The summed E-state index contributed by atoms with van der Waals surface area (Å²) in [6.07, 6.45) is 1.55. The molecule has 0 aliphatic rings. The van der Waals surface area contributed by atoms with Crippen molar-refractivity contribution in [2.75, 3.05) is 5.32 Å². The lowest BCUT2D eigenvalue weighted by atomic mass is 10.1. The minimum absolute atomic E-state index is 0.249. The molecular weight excluding hydrogens is 443 g/mol. The predicted molar refractivity (Wildman–Crippen MR) is 108 cm³/mol. The first-order chi connectivity index (χ1) is 12.5. The Labute approximate surface area is 164 Å². The Hall–Kier alpha value is -2.61. The predicted octanol–water partition coefficient (Wildman–Crippen LogP) is 4.37. The van der Waals surface area contributed by atoms with Crippen LogP contribution in [0.15, 0.2) is 65.3 Å². The van der Waals surface area contributed by atoms with Crippen LogP contribution in [0.1, 0.15) is 32.0 Å². The Morgan fingerprint density at radius 1 is 1.00 bits per heavy atom. The zero-order chi connectivity index (χ0) is 18.5. The molecule has 132 valence electrons. The molecule has 3 rings (SSSR count). The lowest BCUT2D eigenvalue weighted by molar-refractivity contribution is 0.0949. The van der Waals surface area contributed by atoms with E-state index in [2.05, 4.69) is 33.2 Å². The van der Waals surface area contributed by atoms with Gasteiger partial charge in [-0.25, -0.2) is 0 Å². The first kappa shape index (κ1) is 18.2. The first-order valence-electron chi connectivity index (χ1n) is 8.01. The summed E-state index contributed by atoms with van der Waals surface area (Å²) in [5, 5.41) is 5.62. The molecule has 0 unspecified atom stereocenters. The SMILES string of the molecule is Cc1ccc(C(=O)Nc2ccccc2C(=O)NCc2ccco2)c(I)c1. The summed E-state index contributed by atoms with van der Waals surface area (Å²) in [4.78, 5) is 25.1. The zero-order valence-corrected chi connectivity index (χ0v) is 16.2. The molecule has 1 aromatic heterocycles. The fourth-order valence-corrected chi connectivity index (χ4v) is 3.38. The van der Waals surface area contributed by atoms with E-state index in [-0.39, 0.29) is 18.4 Å². The fourth-order valence-electron chi connectivity index (χ4n) is 2.46. The second-order valence-electron chi connectivity index (χ2n) is 5.75. The number of furan rings is 1. The number of rotatable bonds is 5. The highest BCUT2D eigenvalue weighted by Gasteiger charge is 2.15. The third-order valence-corrected chi connectivity index (χ3v) is 4.68. The molecule has 0 bridgehead atoms. The van der Waals surface area contributed by atoms with Gasteiger partial charge in [-0.2, -0.15) is 0 Å². The van der Waals surface area contributed by atoms with Gasteiger partial charge in [0.2, 0.25) is 0 Å². The molecule has 1 heterocycles. The van der Waals surface area contributed by atoms with Crippen molar-refractivity contribution >= 4 is 40.1 Å². The second kappa shape index (κ2) is 8.18. The minimum Gasteiger partial charge on any atom is -0.467 e. The molecule has 3 aromatic rings. The van der Waals surface area contributed by atoms with E-state index >= 15 is 0 Å². The quantitative estimate of drug-likeness (QED) is 0.556. The molecule has 2 N–H and O–H groups in total. The Bertz CT molecular complexity index is 936. The maximum Gasteiger partial charge on any atom is 0.256 e. The van der Waals surface area contributed by atoms with Crippen molar-refractivity contribution < 1.29 is 14.0 Å². The number of nitrogens with one attached hydrogen (secondary N) is 2. The van der Waals surface area contributed by atoms with Crippen molar-refractivity contribution in [3.8, 4) is 0 Å². The number of anilines is 1. The number of benzene rings is 2. The van der Waals surface area contributed by atoms with E-state index in [1.807, 2.05) is 19.1 Å². The van der Waals surface area contributed by atoms with Crippen LogP contribution in [0.2, 0.25) is 0 Å². The smallest absolute Gasteiger partial charge is 0.256 e. The fraction of sp³-hybridized carbons (Fsp3) is 0.100. The lowest BCUT2D eigenvalue weighted by Crippen LogP contribution is -2.24. The summed E-state index contributed by atoms with van der Waals surface area (Å²) in [5.74, 6) is 0.130. The van der Waals surface area contributed by atoms with E-state index in [4.69, 9.17) is 4.42 Å². The van der Waals surface area contributed by atoms with Gasteiger partial charge in [0, 0.05) is 3.57 Å². The molecule has 2 aromatic carbocycles. The Morgan fingerprint density at radius 2 is 1.81 bits per heavy atom. The van der Waals surface area contributed by atoms with Crippen LogP contribution in [0.4, 0.5) is 5.69 Å². The van der Waals surface area contributed by atoms with Crippen LogP contribution < -0.4 is 10.6 Å². The average Bonchev–Trinajstić information content (AvgIpc) is 3.13. The molecule has 0 saturated carbocycles. The second-order valence-corrected chi connectivity index (χ2v) is 6.91. The molecule has 2 amide bonds. The zero-order valence-electron chi connectivity index (χ0n) is 14.1. The molecule has 0 atom stereocenters. The van der Waals surface area contributed by atoms with Crippen molar-refractivity contribution in [1.29, 1.82) is 0 Å². The van der Waals surface area contributed by atoms with E-state index < -0.39 is 0 Å². The topological polar surface area (TPSA) is 71.3 Å². The van der Waals surface area contributed by atoms with Crippen molar-refractivity contribution in [2.24, 2.45) is 0 Å². The third kappa shape index (κ3) is 4.32. The number of amides is 2. The van der Waals surface area contributed by atoms with E-state index in [1.165, 1.54) is 0 Å². The summed E-state index contributed by atoms with van der Waals surface area (Å²) in [6, 6.07) is 16.1. The number of carbonyl (C=O) groups is 2. The first-order valence-corrected chi connectivity index (χ1v) is 9.09. The van der Waals surface area contributed by atoms with Crippen LogP contribution >= 0.6 is 22.6 Å². The molecule has 0 radical (unpaired) electrons. The molecule has 5 nitrogen and oxygen atoms in total. The molecule has 0 spiro atoms. The standard InChI is InChI=1S/C20H17IN2O3/c1-13-8-9-15(17(21)11-13)20(25)23-18-7-3-2-6-16(18)19(24)22-12-14-5-4-10-26-14/h2-11H,12H2,1H3,(H,22,24)(H,23,25). The molecule has 26 heavy (non-hydrogen) atoms. The normalized spacial score (nSPS) is 10.4. The molecule has 0 aliphatic carbocycles. The van der Waals surface area contributed by atoms with Crippen molar-refractivity contribution in [1.82, 2.24) is 5.32 Å². The maximum absolute atomic E-state index is 12.6. The number of para-hydroxylation sites is 1. The number of hydrogen-bond acceptors (Lipinski definition) is 3. The number of hydrogen-bond donors (Lipinski definition) is 2. The maximum atomic E-state index is 12.6. The molecule has 0 aliphatic heterocycles. The van der Waals surface area contributed by atoms with Gasteiger partial charge in [0.05, 0.1) is 29.6 Å². The highest BCUT2D eigenvalue weighted by molar-refractivity contribution is 14.1. The van der Waals surface area contributed by atoms with Crippen molar-refractivity contribution in [3.63, 3.8) is 0 Å². The van der Waals surface area contributed by atoms with Gasteiger partial charge in [-0.15, -0.1) is 0 Å². The van der Waals surface area contributed by atoms with Gasteiger partial charge in [-0.05, 0) is 65.9 Å². The minimum atomic E-state index is -0.282. The van der Waals surface area contributed by atoms with Gasteiger partial charge >= 0.3 is 0 Å². The van der Waals surface area contributed by atoms with Gasteiger partial charge in [0.15, 0.2) is 0 Å². The summed E-state index contributed by atoms with van der Waals surface area (Å²) in [6.45, 7) is 2.26. The van der Waals surface area contributed by atoms with Crippen molar-refractivity contribution in [2.45, 2.75) is 13.5 Å². The molecule has 0 fully saturated rings. The Morgan fingerprint density at radius 3 is 2.54 bits per heavy atom. The summed E-state index contributed by atoms with van der Waals surface area (Å²) in [7, 11) is 0.